The monoisotopic (exact) mass is 287 g/mol. The SMILES string of the molecule is CCOC(=O)CCCCCCN=C(N)NC(C)COC. The summed E-state index contributed by atoms with van der Waals surface area (Å²) in [4.78, 5) is 15.3. The highest BCUT2D eigenvalue weighted by molar-refractivity contribution is 5.78. The summed E-state index contributed by atoms with van der Waals surface area (Å²) in [6.07, 6.45) is 4.42. The van der Waals surface area contributed by atoms with Crippen molar-refractivity contribution in [2.75, 3.05) is 26.9 Å². The number of hydrogen-bond donors (Lipinski definition) is 2. The molecule has 3 N–H and O–H groups in total. The third-order valence-corrected chi connectivity index (χ3v) is 2.69. The van der Waals surface area contributed by atoms with E-state index in [1.54, 1.807) is 7.11 Å². The maximum Gasteiger partial charge on any atom is 0.305 e. The summed E-state index contributed by atoms with van der Waals surface area (Å²) in [5, 5.41) is 3.05. The van der Waals surface area contributed by atoms with E-state index in [0.29, 0.717) is 32.1 Å². The zero-order valence-electron chi connectivity index (χ0n) is 13.0. The van der Waals surface area contributed by atoms with Crippen LogP contribution in [0.2, 0.25) is 0 Å². The number of nitrogens with one attached hydrogen (secondary N) is 1. The van der Waals surface area contributed by atoms with Gasteiger partial charge in [0.15, 0.2) is 5.96 Å². The van der Waals surface area contributed by atoms with Crippen LogP contribution in [0.5, 0.6) is 0 Å². The fourth-order valence-corrected chi connectivity index (χ4v) is 1.76. The molecule has 0 rings (SSSR count). The van der Waals surface area contributed by atoms with Gasteiger partial charge in [0.1, 0.15) is 0 Å². The zero-order chi connectivity index (χ0) is 15.2. The Kier molecular flexibility index (Phi) is 11.9. The van der Waals surface area contributed by atoms with Crippen molar-refractivity contribution < 1.29 is 14.3 Å². The van der Waals surface area contributed by atoms with Gasteiger partial charge in [-0.3, -0.25) is 9.79 Å². The first-order chi connectivity index (χ1) is 9.60. The number of hydrogen-bond acceptors (Lipinski definition) is 4. The van der Waals surface area contributed by atoms with E-state index in [9.17, 15) is 4.79 Å². The molecule has 0 aromatic rings. The van der Waals surface area contributed by atoms with Crippen molar-refractivity contribution >= 4 is 11.9 Å². The van der Waals surface area contributed by atoms with Crippen LogP contribution < -0.4 is 11.1 Å². The molecule has 0 aliphatic heterocycles. The van der Waals surface area contributed by atoms with Gasteiger partial charge in [0.05, 0.1) is 13.2 Å². The topological polar surface area (TPSA) is 85.9 Å². The van der Waals surface area contributed by atoms with E-state index < -0.39 is 0 Å². The Morgan fingerprint density at radius 3 is 2.65 bits per heavy atom. The number of guanidine groups is 1. The summed E-state index contributed by atoms with van der Waals surface area (Å²) in [5.41, 5.74) is 5.74. The van der Waals surface area contributed by atoms with Gasteiger partial charge in [0.2, 0.25) is 0 Å². The molecule has 0 spiro atoms. The Hall–Kier alpha value is -1.30. The lowest BCUT2D eigenvalue weighted by Crippen LogP contribution is -2.40. The van der Waals surface area contributed by atoms with Crippen LogP contribution in [-0.2, 0) is 14.3 Å². The van der Waals surface area contributed by atoms with Gasteiger partial charge in [-0.1, -0.05) is 12.8 Å². The van der Waals surface area contributed by atoms with Gasteiger partial charge in [-0.05, 0) is 26.7 Å². The van der Waals surface area contributed by atoms with E-state index in [2.05, 4.69) is 10.3 Å². The van der Waals surface area contributed by atoms with Gasteiger partial charge in [0.25, 0.3) is 0 Å². The predicted octanol–water partition coefficient (Wildman–Crippen LogP) is 1.44. The summed E-state index contributed by atoms with van der Waals surface area (Å²) in [5.74, 6) is 0.354. The van der Waals surface area contributed by atoms with Crippen molar-refractivity contribution in [1.29, 1.82) is 0 Å². The Labute approximate surface area is 122 Å². The maximum atomic E-state index is 11.1. The number of nitrogens with zero attached hydrogens (tertiary/aromatic N) is 1. The first kappa shape index (κ1) is 18.7. The standard InChI is InChI=1S/C14H29N3O3/c1-4-20-13(18)9-7-5-6-8-10-16-14(15)17-12(2)11-19-3/h12H,4-11H2,1-3H3,(H3,15,16,17). The lowest BCUT2D eigenvalue weighted by atomic mass is 10.1. The first-order valence-corrected chi connectivity index (χ1v) is 7.31. The number of carbonyl (C=O) groups is 1. The Morgan fingerprint density at radius 2 is 2.00 bits per heavy atom. The third kappa shape index (κ3) is 11.8. The second kappa shape index (κ2) is 12.7. The van der Waals surface area contributed by atoms with Gasteiger partial charge in [-0.25, -0.2) is 0 Å². The molecule has 1 atom stereocenters. The summed E-state index contributed by atoms with van der Waals surface area (Å²) in [6.45, 7) is 5.58. The first-order valence-electron chi connectivity index (χ1n) is 7.31. The number of rotatable bonds is 11. The van der Waals surface area contributed by atoms with Crippen molar-refractivity contribution in [2.24, 2.45) is 10.7 Å². The van der Waals surface area contributed by atoms with Crippen LogP contribution >= 0.6 is 0 Å². The summed E-state index contributed by atoms with van der Waals surface area (Å²) in [6, 6.07) is 0.160. The fourth-order valence-electron chi connectivity index (χ4n) is 1.76. The van der Waals surface area contributed by atoms with Crippen LogP contribution in [0.25, 0.3) is 0 Å². The zero-order valence-corrected chi connectivity index (χ0v) is 13.0. The normalized spacial score (nSPS) is 13.1. The number of carbonyl (C=O) groups excluding carboxylic acids is 1. The number of esters is 1. The van der Waals surface area contributed by atoms with E-state index in [0.717, 1.165) is 25.7 Å². The average molecular weight is 287 g/mol. The third-order valence-electron chi connectivity index (χ3n) is 2.69. The van der Waals surface area contributed by atoms with Crippen molar-refractivity contribution in [1.82, 2.24) is 5.32 Å². The van der Waals surface area contributed by atoms with Crippen molar-refractivity contribution in [3.63, 3.8) is 0 Å². The second-order valence-corrected chi connectivity index (χ2v) is 4.74. The molecule has 0 amide bonds. The molecule has 0 saturated carbocycles. The molecule has 0 aliphatic carbocycles. The fraction of sp³-hybridized carbons (Fsp3) is 0.857. The van der Waals surface area contributed by atoms with Gasteiger partial charge in [0, 0.05) is 26.1 Å². The highest BCUT2D eigenvalue weighted by atomic mass is 16.5. The van der Waals surface area contributed by atoms with Crippen LogP contribution in [0.3, 0.4) is 0 Å². The minimum atomic E-state index is -0.105. The van der Waals surface area contributed by atoms with E-state index in [1.165, 1.54) is 0 Å². The smallest absolute Gasteiger partial charge is 0.305 e. The van der Waals surface area contributed by atoms with Crippen LogP contribution in [0.1, 0.15) is 46.0 Å². The average Bonchev–Trinajstić information content (AvgIpc) is 2.38. The summed E-state index contributed by atoms with van der Waals surface area (Å²) >= 11 is 0. The molecule has 6 nitrogen and oxygen atoms in total. The molecule has 0 radical (unpaired) electrons. The van der Waals surface area contributed by atoms with Gasteiger partial charge >= 0.3 is 5.97 Å². The number of aliphatic imine (C=N–C) groups is 1. The van der Waals surface area contributed by atoms with Crippen molar-refractivity contribution in [3.8, 4) is 0 Å². The molecule has 0 bridgehead atoms. The number of unbranched alkanes of at least 4 members (excludes halogenated alkanes) is 3. The molecule has 6 heteroatoms. The van der Waals surface area contributed by atoms with Crippen LogP contribution in [0.15, 0.2) is 4.99 Å². The van der Waals surface area contributed by atoms with E-state index >= 15 is 0 Å². The van der Waals surface area contributed by atoms with Gasteiger partial charge in [-0.15, -0.1) is 0 Å². The number of nitrogens with two attached hydrogens (primary N) is 1. The molecule has 0 heterocycles. The Balaban J connectivity index is 3.48. The molecule has 118 valence electrons. The largest absolute Gasteiger partial charge is 0.466 e. The molecular formula is C14H29N3O3. The summed E-state index contributed by atoms with van der Waals surface area (Å²) < 4.78 is 9.86. The quantitative estimate of drug-likeness (QED) is 0.260. The van der Waals surface area contributed by atoms with Gasteiger partial charge < -0.3 is 20.5 Å². The maximum absolute atomic E-state index is 11.1. The second-order valence-electron chi connectivity index (χ2n) is 4.74. The highest BCUT2D eigenvalue weighted by Crippen LogP contribution is 2.04. The van der Waals surface area contributed by atoms with Crippen LogP contribution in [0.4, 0.5) is 0 Å². The summed E-state index contributed by atoms with van der Waals surface area (Å²) in [7, 11) is 1.65. The van der Waals surface area contributed by atoms with E-state index in [1.807, 2.05) is 13.8 Å². The molecule has 1 unspecified atom stereocenters. The molecular weight excluding hydrogens is 258 g/mol. The lowest BCUT2D eigenvalue weighted by molar-refractivity contribution is -0.143. The minimum Gasteiger partial charge on any atom is -0.466 e. The molecule has 0 saturated heterocycles. The van der Waals surface area contributed by atoms with Crippen LogP contribution in [-0.4, -0.2) is 44.8 Å². The molecule has 0 aromatic heterocycles. The van der Waals surface area contributed by atoms with Gasteiger partial charge in [-0.2, -0.15) is 0 Å². The van der Waals surface area contributed by atoms with E-state index in [4.69, 9.17) is 15.2 Å². The Morgan fingerprint density at radius 1 is 1.30 bits per heavy atom. The van der Waals surface area contributed by atoms with Crippen molar-refractivity contribution in [3.05, 3.63) is 0 Å². The molecule has 0 aliphatic rings. The lowest BCUT2D eigenvalue weighted by Gasteiger charge is -2.12. The predicted molar refractivity (Wildman–Crippen MR) is 80.7 cm³/mol. The van der Waals surface area contributed by atoms with E-state index in [-0.39, 0.29) is 12.0 Å². The minimum absolute atomic E-state index is 0.105. The molecule has 20 heavy (non-hydrogen) atoms. The highest BCUT2D eigenvalue weighted by Gasteiger charge is 2.02. The number of methoxy groups -OCH3 is 1. The Bertz CT molecular complexity index is 283. The molecule has 0 fully saturated rings. The number of ether oxygens (including phenoxy) is 2. The molecule has 0 aromatic carbocycles. The van der Waals surface area contributed by atoms with Crippen molar-refractivity contribution in [2.45, 2.75) is 52.0 Å². The van der Waals surface area contributed by atoms with Crippen LogP contribution in [0, 0.1) is 0 Å².